The fourth-order valence-corrected chi connectivity index (χ4v) is 6.42. The molecular weight excluding hydrogens is 436 g/mol. The topological polar surface area (TPSA) is 88.5 Å². The molecule has 3 atom stereocenters. The monoisotopic (exact) mass is 460 g/mol. The van der Waals surface area contributed by atoms with E-state index in [-0.39, 0.29) is 11.9 Å². The van der Waals surface area contributed by atoms with Gasteiger partial charge in [0.05, 0.1) is 22.6 Å². The first-order valence-corrected chi connectivity index (χ1v) is 11.8. The maximum absolute atomic E-state index is 13.9. The van der Waals surface area contributed by atoms with Gasteiger partial charge >= 0.3 is 0 Å². The second kappa shape index (κ2) is 6.88. The lowest BCUT2D eigenvalue weighted by Crippen LogP contribution is -2.55. The number of aromatic amines is 1. The average molecular weight is 461 g/mol. The molecule has 3 aliphatic rings. The van der Waals surface area contributed by atoms with Crippen molar-refractivity contribution in [3.05, 3.63) is 96.2 Å². The van der Waals surface area contributed by atoms with Gasteiger partial charge in [-0.1, -0.05) is 66.7 Å². The molecular formula is C28H24N6O. The van der Waals surface area contributed by atoms with E-state index in [1.807, 2.05) is 37.4 Å². The van der Waals surface area contributed by atoms with E-state index in [9.17, 15) is 4.79 Å². The Bertz CT molecular complexity index is 1630. The van der Waals surface area contributed by atoms with Crippen LogP contribution in [-0.2, 0) is 10.2 Å². The molecule has 5 aromatic rings. The zero-order chi connectivity index (χ0) is 23.8. The molecule has 0 saturated carbocycles. The highest BCUT2D eigenvalue weighted by Gasteiger charge is 2.60. The van der Waals surface area contributed by atoms with Gasteiger partial charge in [0.2, 0.25) is 11.9 Å². The van der Waals surface area contributed by atoms with Crippen LogP contribution in [0, 0.1) is 5.41 Å². The molecule has 2 N–H and O–H groups in total. The summed E-state index contributed by atoms with van der Waals surface area (Å²) < 4.78 is 2.08. The molecule has 7 heteroatoms. The minimum absolute atomic E-state index is 0.0682. The predicted octanol–water partition coefficient (Wildman–Crippen LogP) is 5.08. The second-order valence-corrected chi connectivity index (χ2v) is 10.1. The van der Waals surface area contributed by atoms with Crippen molar-refractivity contribution < 1.29 is 4.79 Å². The molecule has 0 fully saturated rings. The Morgan fingerprint density at radius 2 is 1.86 bits per heavy atom. The fourth-order valence-electron chi connectivity index (χ4n) is 6.42. The molecule has 0 saturated heterocycles. The van der Waals surface area contributed by atoms with Gasteiger partial charge in [0.25, 0.3) is 0 Å². The van der Waals surface area contributed by atoms with E-state index >= 15 is 0 Å². The van der Waals surface area contributed by atoms with Gasteiger partial charge < -0.3 is 9.55 Å². The number of nitrogens with zero attached hydrogens (tertiary/aromatic N) is 4. The number of fused-ring (bicyclic) bond motifs is 2. The van der Waals surface area contributed by atoms with E-state index in [1.54, 1.807) is 6.33 Å². The highest BCUT2D eigenvalue weighted by Crippen LogP contribution is 2.60. The summed E-state index contributed by atoms with van der Waals surface area (Å²) in [5.74, 6) is 1.30. The van der Waals surface area contributed by atoms with Crippen molar-refractivity contribution in [1.82, 2.24) is 24.7 Å². The minimum atomic E-state index is -0.703. The van der Waals surface area contributed by atoms with Crippen molar-refractivity contribution in [2.24, 2.45) is 5.41 Å². The number of hydrogen-bond donors (Lipinski definition) is 2. The number of amides is 1. The Labute approximate surface area is 202 Å². The molecule has 1 amide bonds. The summed E-state index contributed by atoms with van der Waals surface area (Å²) in [4.78, 5) is 21.8. The zero-order valence-corrected chi connectivity index (χ0v) is 19.5. The van der Waals surface area contributed by atoms with E-state index in [4.69, 9.17) is 4.98 Å². The van der Waals surface area contributed by atoms with Gasteiger partial charge in [0, 0.05) is 11.8 Å². The molecule has 3 aromatic carbocycles. The van der Waals surface area contributed by atoms with Crippen LogP contribution >= 0.6 is 0 Å². The molecule has 7 nitrogen and oxygen atoms in total. The summed E-state index contributed by atoms with van der Waals surface area (Å²) >= 11 is 0. The van der Waals surface area contributed by atoms with Gasteiger partial charge in [-0.3, -0.25) is 10.1 Å². The highest BCUT2D eigenvalue weighted by atomic mass is 16.2. The smallest absolute Gasteiger partial charge is 0.235 e. The number of H-pyrrole nitrogens is 1. The third-order valence-electron chi connectivity index (χ3n) is 7.91. The lowest BCUT2D eigenvalue weighted by molar-refractivity contribution is -0.129. The van der Waals surface area contributed by atoms with Crippen LogP contribution < -0.4 is 5.32 Å². The first-order valence-electron chi connectivity index (χ1n) is 11.8. The summed E-state index contributed by atoms with van der Waals surface area (Å²) in [7, 11) is 0. The summed E-state index contributed by atoms with van der Waals surface area (Å²) in [6, 6.07) is 22.6. The molecule has 0 radical (unpaired) electrons. The third kappa shape index (κ3) is 2.66. The molecule has 8 rings (SSSR count). The molecule has 3 unspecified atom stereocenters. The van der Waals surface area contributed by atoms with Crippen LogP contribution in [0.5, 0.6) is 0 Å². The predicted molar refractivity (Wildman–Crippen MR) is 134 cm³/mol. The van der Waals surface area contributed by atoms with Crippen LogP contribution in [0.2, 0.25) is 0 Å². The molecule has 1 aliphatic carbocycles. The quantitative estimate of drug-likeness (QED) is 0.393. The summed E-state index contributed by atoms with van der Waals surface area (Å²) in [5.41, 5.74) is 3.11. The Morgan fingerprint density at radius 3 is 2.77 bits per heavy atom. The average Bonchev–Trinajstić information content (AvgIpc) is 3.55. The molecule has 2 bridgehead atoms. The lowest BCUT2D eigenvalue weighted by atomic mass is 9.55. The lowest BCUT2D eigenvalue weighted by Gasteiger charge is -2.54. The molecule has 0 spiro atoms. The summed E-state index contributed by atoms with van der Waals surface area (Å²) in [6.45, 7) is 4.21. The highest BCUT2D eigenvalue weighted by molar-refractivity contribution is 5.97. The standard InChI is InChI=1S/C28H24N6O/c1-27-15-28(2,23(34-16-30-33-24(27)34)20-11-5-6-13-21(20)27)25(35)32-26-29-14-22(31-26)19-12-7-9-17-8-3-4-10-18(17)19/h3-14,16,23H,15H2,1-2H3,(H2,29,31,32,35). The molecule has 172 valence electrons. The van der Waals surface area contributed by atoms with E-state index in [0.717, 1.165) is 33.4 Å². The number of carbonyl (C=O) groups is 1. The first kappa shape index (κ1) is 20.1. The molecule has 4 heterocycles. The van der Waals surface area contributed by atoms with Gasteiger partial charge in [-0.05, 0) is 42.2 Å². The fraction of sp³-hybridized carbons (Fsp3) is 0.214. The minimum Gasteiger partial charge on any atom is -0.330 e. The molecule has 2 aromatic heterocycles. The number of imidazole rings is 1. The Hall–Kier alpha value is -4.26. The Kier molecular flexibility index (Phi) is 3.96. The van der Waals surface area contributed by atoms with Crippen LogP contribution in [0.1, 0.15) is 43.3 Å². The number of carbonyl (C=O) groups excluding carboxylic acids is 1. The van der Waals surface area contributed by atoms with Crippen molar-refractivity contribution in [1.29, 1.82) is 0 Å². The van der Waals surface area contributed by atoms with Gasteiger partial charge in [-0.15, -0.1) is 10.2 Å². The third-order valence-corrected chi connectivity index (χ3v) is 7.91. The van der Waals surface area contributed by atoms with Crippen LogP contribution in [-0.4, -0.2) is 30.6 Å². The van der Waals surface area contributed by atoms with Crippen LogP contribution in [0.4, 0.5) is 5.95 Å². The Balaban J connectivity index is 1.25. The summed E-state index contributed by atoms with van der Waals surface area (Å²) in [6.07, 6.45) is 4.24. The largest absolute Gasteiger partial charge is 0.330 e. The number of hydrogen-bond acceptors (Lipinski definition) is 4. The van der Waals surface area contributed by atoms with Crippen molar-refractivity contribution >= 4 is 22.6 Å². The van der Waals surface area contributed by atoms with Gasteiger partial charge in [-0.2, -0.15) is 0 Å². The van der Waals surface area contributed by atoms with E-state index in [0.29, 0.717) is 12.4 Å². The maximum Gasteiger partial charge on any atom is 0.235 e. The number of anilines is 1. The molecule has 35 heavy (non-hydrogen) atoms. The second-order valence-electron chi connectivity index (χ2n) is 10.1. The van der Waals surface area contributed by atoms with Gasteiger partial charge in [-0.25, -0.2) is 4.98 Å². The SMILES string of the molecule is CC12CC(C)(C(=O)Nc3nc(-c4cccc5ccccc45)c[nH]3)C(c3ccccc31)n1cnnc12. The zero-order valence-electron chi connectivity index (χ0n) is 19.5. The summed E-state index contributed by atoms with van der Waals surface area (Å²) in [5, 5.41) is 14.0. The van der Waals surface area contributed by atoms with Crippen molar-refractivity contribution in [2.75, 3.05) is 5.32 Å². The Morgan fingerprint density at radius 1 is 1.06 bits per heavy atom. The van der Waals surface area contributed by atoms with Gasteiger partial charge in [0.1, 0.15) is 12.2 Å². The van der Waals surface area contributed by atoms with E-state index in [1.165, 1.54) is 5.56 Å². The molecule has 2 aliphatic heterocycles. The normalized spacial score (nSPS) is 24.2. The van der Waals surface area contributed by atoms with E-state index in [2.05, 4.69) is 74.5 Å². The van der Waals surface area contributed by atoms with Crippen LogP contribution in [0.15, 0.2) is 79.3 Å². The van der Waals surface area contributed by atoms with Crippen LogP contribution in [0.25, 0.3) is 22.0 Å². The van der Waals surface area contributed by atoms with Crippen molar-refractivity contribution in [3.63, 3.8) is 0 Å². The van der Waals surface area contributed by atoms with Gasteiger partial charge in [0.15, 0.2) is 0 Å². The number of aromatic nitrogens is 5. The van der Waals surface area contributed by atoms with Crippen molar-refractivity contribution in [2.45, 2.75) is 31.7 Å². The maximum atomic E-state index is 13.9. The number of nitrogens with one attached hydrogen (secondary N) is 2. The van der Waals surface area contributed by atoms with Crippen LogP contribution in [0.3, 0.4) is 0 Å². The van der Waals surface area contributed by atoms with Crippen molar-refractivity contribution in [3.8, 4) is 11.3 Å². The number of rotatable bonds is 3. The van der Waals surface area contributed by atoms with E-state index < -0.39 is 10.8 Å². The number of benzene rings is 3. The first-order chi connectivity index (χ1) is 17.0.